The summed E-state index contributed by atoms with van der Waals surface area (Å²) in [6, 6.07) is 0. The van der Waals surface area contributed by atoms with Gasteiger partial charge in [0.2, 0.25) is 0 Å². The Labute approximate surface area is 71.5 Å². The molecular weight excluding hydrogens is 160 g/mol. The average molecular weight is 174 g/mol. The molecule has 0 saturated carbocycles. The summed E-state index contributed by atoms with van der Waals surface area (Å²) >= 11 is 0. The first kappa shape index (κ1) is 13.3. The molecule has 0 aromatic rings. The lowest BCUT2D eigenvalue weighted by molar-refractivity contribution is -0.139. The van der Waals surface area contributed by atoms with E-state index in [0.29, 0.717) is 12.8 Å². The Kier molecular flexibility index (Phi) is 10.7. The van der Waals surface area contributed by atoms with Gasteiger partial charge in [0, 0.05) is 12.8 Å². The molecule has 0 fully saturated rings. The van der Waals surface area contributed by atoms with Gasteiger partial charge < -0.3 is 10.2 Å². The molecule has 0 atom stereocenters. The highest BCUT2D eigenvalue weighted by molar-refractivity contribution is 5.67. The summed E-state index contributed by atoms with van der Waals surface area (Å²) in [7, 11) is 0. The summed E-state index contributed by atoms with van der Waals surface area (Å²) in [5.41, 5.74) is 0. The van der Waals surface area contributed by atoms with Crippen LogP contribution in [0.3, 0.4) is 0 Å². The Morgan fingerprint density at radius 3 is 1.33 bits per heavy atom. The van der Waals surface area contributed by atoms with E-state index in [1.54, 1.807) is 0 Å². The van der Waals surface area contributed by atoms with Crippen molar-refractivity contribution in [2.75, 3.05) is 0 Å². The molecule has 0 aliphatic carbocycles. The van der Waals surface area contributed by atoms with Crippen molar-refractivity contribution in [3.05, 3.63) is 13.2 Å². The van der Waals surface area contributed by atoms with Crippen molar-refractivity contribution in [1.29, 1.82) is 0 Å². The molecule has 0 radical (unpaired) electrons. The minimum absolute atomic E-state index is 0.0628. The van der Waals surface area contributed by atoms with Crippen LogP contribution in [-0.2, 0) is 9.59 Å². The molecule has 0 saturated heterocycles. The van der Waals surface area contributed by atoms with E-state index in [2.05, 4.69) is 13.2 Å². The summed E-state index contributed by atoms with van der Waals surface area (Å²) in [5, 5.41) is 16.3. The van der Waals surface area contributed by atoms with Crippen molar-refractivity contribution in [2.24, 2.45) is 0 Å². The lowest BCUT2D eigenvalue weighted by Crippen LogP contribution is -1.97. The number of hydrogen-bond donors (Lipinski definition) is 2. The normalized spacial score (nSPS) is 8.00. The van der Waals surface area contributed by atoms with Gasteiger partial charge in [0.1, 0.15) is 0 Å². The van der Waals surface area contributed by atoms with Gasteiger partial charge >= 0.3 is 11.9 Å². The maximum Gasteiger partial charge on any atom is 0.303 e. The van der Waals surface area contributed by atoms with Gasteiger partial charge in [-0.25, -0.2) is 0 Å². The van der Waals surface area contributed by atoms with E-state index in [1.807, 2.05) is 0 Å². The van der Waals surface area contributed by atoms with E-state index >= 15 is 0 Å². The average Bonchev–Trinajstić information content (AvgIpc) is 2.02. The first-order chi connectivity index (χ1) is 5.63. The third-order valence-electron chi connectivity index (χ3n) is 1.03. The summed E-state index contributed by atoms with van der Waals surface area (Å²) in [5.74, 6) is -1.74. The second kappa shape index (κ2) is 9.68. The molecule has 4 nitrogen and oxygen atoms in total. The zero-order valence-corrected chi connectivity index (χ0v) is 6.95. The van der Waals surface area contributed by atoms with E-state index in [0.717, 1.165) is 0 Å². The van der Waals surface area contributed by atoms with E-state index in [-0.39, 0.29) is 12.8 Å². The molecule has 0 aliphatic rings. The Balaban J connectivity index is 0. The van der Waals surface area contributed by atoms with Gasteiger partial charge in [0.15, 0.2) is 0 Å². The first-order valence-corrected chi connectivity index (χ1v) is 3.56. The molecule has 70 valence electrons. The number of hydrogen-bond acceptors (Lipinski definition) is 2. The van der Waals surface area contributed by atoms with Crippen molar-refractivity contribution >= 4 is 11.9 Å². The van der Waals surface area contributed by atoms with Gasteiger partial charge in [-0.15, -0.1) is 13.2 Å². The van der Waals surface area contributed by atoms with Crippen LogP contribution in [-0.4, -0.2) is 22.2 Å². The van der Waals surface area contributed by atoms with Gasteiger partial charge in [-0.05, 0) is 12.8 Å². The lowest BCUT2D eigenvalue weighted by Gasteiger charge is -1.92. The quantitative estimate of drug-likeness (QED) is 0.489. The highest BCUT2D eigenvalue weighted by atomic mass is 16.4. The van der Waals surface area contributed by atoms with Crippen molar-refractivity contribution < 1.29 is 19.8 Å². The Bertz CT molecular complexity index is 126. The van der Waals surface area contributed by atoms with Gasteiger partial charge in [0.05, 0.1) is 0 Å². The molecule has 0 bridgehead atoms. The van der Waals surface area contributed by atoms with Crippen LogP contribution in [0.4, 0.5) is 0 Å². The summed E-state index contributed by atoms with van der Waals surface area (Å²) in [4.78, 5) is 19.8. The molecule has 0 heterocycles. The Hall–Kier alpha value is -1.32. The van der Waals surface area contributed by atoms with Gasteiger partial charge in [-0.3, -0.25) is 9.59 Å². The first-order valence-electron chi connectivity index (χ1n) is 3.56. The molecule has 2 N–H and O–H groups in total. The standard InChI is InChI=1S/C6H10O4.C2H4/c7-5(8)3-1-2-4-6(9)10;1-2/h1-4H2,(H,7,8)(H,9,10);1-2H2. The van der Waals surface area contributed by atoms with Gasteiger partial charge in [-0.1, -0.05) is 0 Å². The lowest BCUT2D eigenvalue weighted by atomic mass is 10.2. The van der Waals surface area contributed by atoms with Gasteiger partial charge in [-0.2, -0.15) is 0 Å². The smallest absolute Gasteiger partial charge is 0.303 e. The predicted octanol–water partition coefficient (Wildman–Crippen LogP) is 1.52. The minimum Gasteiger partial charge on any atom is -0.481 e. The van der Waals surface area contributed by atoms with E-state index in [1.165, 1.54) is 0 Å². The molecule has 12 heavy (non-hydrogen) atoms. The van der Waals surface area contributed by atoms with Crippen LogP contribution in [0.5, 0.6) is 0 Å². The van der Waals surface area contributed by atoms with Crippen LogP contribution in [0.25, 0.3) is 0 Å². The number of carboxylic acids is 2. The zero-order chi connectivity index (χ0) is 9.98. The number of carbonyl (C=O) groups is 2. The van der Waals surface area contributed by atoms with Crippen molar-refractivity contribution in [2.45, 2.75) is 25.7 Å². The molecule has 0 unspecified atom stereocenters. The Morgan fingerprint density at radius 2 is 1.17 bits per heavy atom. The minimum atomic E-state index is -0.870. The van der Waals surface area contributed by atoms with Crippen molar-refractivity contribution in [3.8, 4) is 0 Å². The molecule has 0 aromatic carbocycles. The van der Waals surface area contributed by atoms with Crippen LogP contribution in [0.15, 0.2) is 13.2 Å². The van der Waals surface area contributed by atoms with Crippen LogP contribution < -0.4 is 0 Å². The maximum atomic E-state index is 9.90. The SMILES string of the molecule is C=C.O=C(O)CCCCC(=O)O. The molecule has 4 heteroatoms. The predicted molar refractivity (Wildman–Crippen MR) is 45.0 cm³/mol. The van der Waals surface area contributed by atoms with E-state index in [9.17, 15) is 9.59 Å². The summed E-state index contributed by atoms with van der Waals surface area (Å²) in [6.45, 7) is 6.00. The number of unbranched alkanes of at least 4 members (excludes halogenated alkanes) is 1. The summed E-state index contributed by atoms with van der Waals surface area (Å²) in [6.07, 6.45) is 1.02. The van der Waals surface area contributed by atoms with E-state index < -0.39 is 11.9 Å². The van der Waals surface area contributed by atoms with Crippen LogP contribution in [0.1, 0.15) is 25.7 Å². The van der Waals surface area contributed by atoms with Crippen LogP contribution in [0, 0.1) is 0 Å². The van der Waals surface area contributed by atoms with E-state index in [4.69, 9.17) is 10.2 Å². The third kappa shape index (κ3) is 15.9. The second-order valence-corrected chi connectivity index (χ2v) is 1.99. The molecule has 0 aliphatic heterocycles. The van der Waals surface area contributed by atoms with Crippen molar-refractivity contribution in [3.63, 3.8) is 0 Å². The monoisotopic (exact) mass is 174 g/mol. The molecule has 0 rings (SSSR count). The molecular formula is C8H14O4. The molecule has 0 spiro atoms. The fraction of sp³-hybridized carbons (Fsp3) is 0.500. The van der Waals surface area contributed by atoms with Crippen LogP contribution >= 0.6 is 0 Å². The number of aliphatic carboxylic acids is 2. The largest absolute Gasteiger partial charge is 0.481 e. The maximum absolute atomic E-state index is 9.90. The van der Waals surface area contributed by atoms with Crippen LogP contribution in [0.2, 0.25) is 0 Å². The number of rotatable bonds is 5. The topological polar surface area (TPSA) is 74.6 Å². The second-order valence-electron chi connectivity index (χ2n) is 1.99. The fourth-order valence-electron chi connectivity index (χ4n) is 0.552. The van der Waals surface area contributed by atoms with Gasteiger partial charge in [0.25, 0.3) is 0 Å². The number of carboxylic acid groups (broad SMARTS) is 2. The Morgan fingerprint density at radius 1 is 0.917 bits per heavy atom. The summed E-state index contributed by atoms with van der Waals surface area (Å²) < 4.78 is 0. The molecule has 0 aromatic heterocycles. The highest BCUT2D eigenvalue weighted by Crippen LogP contribution is 1.98. The highest BCUT2D eigenvalue weighted by Gasteiger charge is 1.99. The zero-order valence-electron chi connectivity index (χ0n) is 6.95. The third-order valence-corrected chi connectivity index (χ3v) is 1.03. The fourth-order valence-corrected chi connectivity index (χ4v) is 0.552. The molecule has 0 amide bonds. The van der Waals surface area contributed by atoms with Crippen molar-refractivity contribution in [1.82, 2.24) is 0 Å².